The van der Waals surface area contributed by atoms with Crippen molar-refractivity contribution in [2.75, 3.05) is 18.5 Å². The first-order chi connectivity index (χ1) is 9.65. The maximum atomic E-state index is 13.4. The van der Waals surface area contributed by atoms with E-state index in [4.69, 9.17) is 0 Å². The Morgan fingerprint density at radius 2 is 1.65 bits per heavy atom. The van der Waals surface area contributed by atoms with Gasteiger partial charge in [0, 0.05) is 24.5 Å². The first-order valence-electron chi connectivity index (χ1n) is 6.62. The van der Waals surface area contributed by atoms with Gasteiger partial charge in [0.1, 0.15) is 11.6 Å². The minimum Gasteiger partial charge on any atom is -0.342 e. The van der Waals surface area contributed by atoms with Crippen LogP contribution < -0.4 is 10.2 Å². The largest absolute Gasteiger partial charge is 0.342 e. The molecule has 0 saturated carbocycles. The fourth-order valence-corrected chi connectivity index (χ4v) is 2.26. The highest BCUT2D eigenvalue weighted by atomic mass is 19.1. The van der Waals surface area contributed by atoms with E-state index in [1.54, 1.807) is 18.2 Å². The molecule has 0 atom stereocenters. The van der Waals surface area contributed by atoms with Crippen LogP contribution >= 0.6 is 0 Å². The second-order valence-corrected chi connectivity index (χ2v) is 4.52. The summed E-state index contributed by atoms with van der Waals surface area (Å²) in [7, 11) is 1.82. The predicted molar refractivity (Wildman–Crippen MR) is 78.2 cm³/mol. The molecular formula is C16H18F2N2. The van der Waals surface area contributed by atoms with Crippen LogP contribution in [0.5, 0.6) is 0 Å². The molecule has 2 aromatic carbocycles. The maximum Gasteiger partial charge on any atom is 0.123 e. The fourth-order valence-electron chi connectivity index (χ4n) is 2.26. The molecule has 20 heavy (non-hydrogen) atoms. The van der Waals surface area contributed by atoms with E-state index in [0.717, 1.165) is 16.9 Å². The highest BCUT2D eigenvalue weighted by Crippen LogP contribution is 2.29. The summed E-state index contributed by atoms with van der Waals surface area (Å²) in [5, 5.41) is 3.04. The Bertz CT molecular complexity index is 567. The van der Waals surface area contributed by atoms with E-state index in [0.29, 0.717) is 13.1 Å². The Morgan fingerprint density at radius 1 is 1.00 bits per heavy atom. The average molecular weight is 276 g/mol. The van der Waals surface area contributed by atoms with Crippen LogP contribution in [0.15, 0.2) is 42.5 Å². The molecule has 0 heterocycles. The van der Waals surface area contributed by atoms with Gasteiger partial charge in [0.15, 0.2) is 0 Å². The summed E-state index contributed by atoms with van der Waals surface area (Å²) >= 11 is 0. The lowest BCUT2D eigenvalue weighted by Crippen LogP contribution is -2.19. The lowest BCUT2D eigenvalue weighted by molar-refractivity contribution is 0.623. The zero-order chi connectivity index (χ0) is 14.5. The van der Waals surface area contributed by atoms with Gasteiger partial charge in [-0.1, -0.05) is 0 Å². The number of rotatable bonds is 5. The molecule has 2 rings (SSSR count). The number of hydrogen-bond donors (Lipinski definition) is 1. The third-order valence-electron chi connectivity index (χ3n) is 3.15. The normalized spacial score (nSPS) is 10.6. The van der Waals surface area contributed by atoms with E-state index in [-0.39, 0.29) is 11.6 Å². The highest BCUT2D eigenvalue weighted by Gasteiger charge is 2.12. The minimum atomic E-state index is -0.264. The monoisotopic (exact) mass is 276 g/mol. The van der Waals surface area contributed by atoms with Gasteiger partial charge in [-0.15, -0.1) is 0 Å². The molecule has 0 aromatic heterocycles. The topological polar surface area (TPSA) is 15.3 Å². The van der Waals surface area contributed by atoms with Crippen LogP contribution in [0.4, 0.5) is 20.2 Å². The van der Waals surface area contributed by atoms with Crippen molar-refractivity contribution in [3.63, 3.8) is 0 Å². The summed E-state index contributed by atoms with van der Waals surface area (Å²) in [6, 6.07) is 11.0. The van der Waals surface area contributed by atoms with Crippen molar-refractivity contribution in [1.29, 1.82) is 0 Å². The summed E-state index contributed by atoms with van der Waals surface area (Å²) in [6.45, 7) is 3.30. The maximum absolute atomic E-state index is 13.4. The van der Waals surface area contributed by atoms with Gasteiger partial charge in [0.25, 0.3) is 0 Å². The van der Waals surface area contributed by atoms with Gasteiger partial charge in [-0.25, -0.2) is 8.78 Å². The van der Waals surface area contributed by atoms with Crippen LogP contribution in [0.1, 0.15) is 12.5 Å². The average Bonchev–Trinajstić information content (AvgIpc) is 2.44. The molecule has 1 N–H and O–H groups in total. The van der Waals surface area contributed by atoms with Gasteiger partial charge >= 0.3 is 0 Å². The molecule has 0 spiro atoms. The predicted octanol–water partition coefficient (Wildman–Crippen LogP) is 3.84. The molecule has 106 valence electrons. The van der Waals surface area contributed by atoms with Crippen molar-refractivity contribution in [2.24, 2.45) is 0 Å². The Hall–Kier alpha value is -1.94. The van der Waals surface area contributed by atoms with Gasteiger partial charge in [-0.05, 0) is 62.0 Å². The molecule has 0 fully saturated rings. The Morgan fingerprint density at radius 3 is 2.25 bits per heavy atom. The van der Waals surface area contributed by atoms with E-state index >= 15 is 0 Å². The van der Waals surface area contributed by atoms with Crippen molar-refractivity contribution in [1.82, 2.24) is 5.32 Å². The molecule has 0 saturated heterocycles. The molecular weight excluding hydrogens is 258 g/mol. The van der Waals surface area contributed by atoms with Gasteiger partial charge in [0.05, 0.1) is 0 Å². The number of halogens is 2. The number of nitrogens with zero attached hydrogens (tertiary/aromatic N) is 1. The molecule has 0 aliphatic rings. The fraction of sp³-hybridized carbons (Fsp3) is 0.250. The van der Waals surface area contributed by atoms with Crippen molar-refractivity contribution in [3.05, 3.63) is 59.7 Å². The Balaban J connectivity index is 2.43. The summed E-state index contributed by atoms with van der Waals surface area (Å²) in [5.41, 5.74) is 2.69. The van der Waals surface area contributed by atoms with E-state index in [1.165, 1.54) is 24.3 Å². The summed E-state index contributed by atoms with van der Waals surface area (Å²) in [6.07, 6.45) is 0. The molecule has 2 aromatic rings. The molecule has 0 unspecified atom stereocenters. The number of hydrogen-bond acceptors (Lipinski definition) is 2. The zero-order valence-corrected chi connectivity index (χ0v) is 11.7. The Labute approximate surface area is 118 Å². The third kappa shape index (κ3) is 3.14. The van der Waals surface area contributed by atoms with Crippen molar-refractivity contribution in [3.8, 4) is 0 Å². The van der Waals surface area contributed by atoms with Crippen LogP contribution in [0.2, 0.25) is 0 Å². The second kappa shape index (κ2) is 6.48. The zero-order valence-electron chi connectivity index (χ0n) is 11.7. The molecule has 0 aliphatic heterocycles. The number of anilines is 2. The van der Waals surface area contributed by atoms with Crippen LogP contribution in [0.25, 0.3) is 0 Å². The standard InChI is InChI=1S/C16H18F2N2/c1-3-20(15-7-4-13(17)5-8-15)16-9-6-14(18)10-12(16)11-19-2/h4-10,19H,3,11H2,1-2H3. The van der Waals surface area contributed by atoms with Gasteiger partial charge in [0.2, 0.25) is 0 Å². The van der Waals surface area contributed by atoms with Gasteiger partial charge in [-0.2, -0.15) is 0 Å². The van der Waals surface area contributed by atoms with Crippen LogP contribution in [0, 0.1) is 11.6 Å². The molecule has 0 amide bonds. The number of nitrogens with one attached hydrogen (secondary N) is 1. The molecule has 2 nitrogen and oxygen atoms in total. The molecule has 0 aliphatic carbocycles. The van der Waals surface area contributed by atoms with E-state index in [9.17, 15) is 8.78 Å². The molecule has 0 bridgehead atoms. The van der Waals surface area contributed by atoms with Crippen LogP contribution in [0.3, 0.4) is 0 Å². The lowest BCUT2D eigenvalue weighted by atomic mass is 10.1. The minimum absolute atomic E-state index is 0.255. The SMILES string of the molecule is CCN(c1ccc(F)cc1)c1ccc(F)cc1CNC. The number of benzene rings is 2. The summed E-state index contributed by atoms with van der Waals surface area (Å²) in [4.78, 5) is 2.03. The second-order valence-electron chi connectivity index (χ2n) is 4.52. The van der Waals surface area contributed by atoms with Crippen molar-refractivity contribution >= 4 is 11.4 Å². The Kier molecular flexibility index (Phi) is 4.69. The van der Waals surface area contributed by atoms with E-state index in [1.807, 2.05) is 18.9 Å². The van der Waals surface area contributed by atoms with Crippen molar-refractivity contribution in [2.45, 2.75) is 13.5 Å². The van der Waals surface area contributed by atoms with Gasteiger partial charge in [-0.3, -0.25) is 0 Å². The highest BCUT2D eigenvalue weighted by molar-refractivity contribution is 5.66. The lowest BCUT2D eigenvalue weighted by Gasteiger charge is -2.26. The summed E-state index contributed by atoms with van der Waals surface area (Å²) in [5.74, 6) is -0.520. The first kappa shape index (κ1) is 14.5. The quantitative estimate of drug-likeness (QED) is 0.892. The first-order valence-corrected chi connectivity index (χ1v) is 6.62. The van der Waals surface area contributed by atoms with E-state index < -0.39 is 0 Å². The van der Waals surface area contributed by atoms with Crippen molar-refractivity contribution < 1.29 is 8.78 Å². The third-order valence-corrected chi connectivity index (χ3v) is 3.15. The van der Waals surface area contributed by atoms with Crippen LogP contribution in [-0.4, -0.2) is 13.6 Å². The van der Waals surface area contributed by atoms with E-state index in [2.05, 4.69) is 5.32 Å². The smallest absolute Gasteiger partial charge is 0.123 e. The van der Waals surface area contributed by atoms with Crippen LogP contribution in [-0.2, 0) is 6.54 Å². The molecule has 4 heteroatoms. The summed E-state index contributed by atoms with van der Waals surface area (Å²) < 4.78 is 26.4. The van der Waals surface area contributed by atoms with Gasteiger partial charge < -0.3 is 10.2 Å². The molecule has 0 radical (unpaired) electrons.